The SMILES string of the molecule is Cc1ccc(Cn2c(SCN3C(=O)c4ccccc4C3=O)nc3ccccc3c2=O)cc1. The molecule has 0 aliphatic carbocycles. The zero-order valence-electron chi connectivity index (χ0n) is 17.3. The molecule has 0 atom stereocenters. The van der Waals surface area contributed by atoms with Crippen molar-refractivity contribution < 1.29 is 9.59 Å². The lowest BCUT2D eigenvalue weighted by molar-refractivity contribution is 0.0684. The van der Waals surface area contributed by atoms with Gasteiger partial charge in [0.15, 0.2) is 5.16 Å². The zero-order valence-corrected chi connectivity index (χ0v) is 18.1. The van der Waals surface area contributed by atoms with Gasteiger partial charge in [-0.25, -0.2) is 4.98 Å². The van der Waals surface area contributed by atoms with Crippen molar-refractivity contribution >= 4 is 34.5 Å². The molecule has 5 rings (SSSR count). The van der Waals surface area contributed by atoms with Gasteiger partial charge in [-0.15, -0.1) is 0 Å². The highest BCUT2D eigenvalue weighted by molar-refractivity contribution is 7.99. The zero-order chi connectivity index (χ0) is 22.2. The average molecular weight is 442 g/mol. The van der Waals surface area contributed by atoms with E-state index in [1.165, 1.54) is 16.7 Å². The van der Waals surface area contributed by atoms with Crippen LogP contribution in [0.4, 0.5) is 0 Å². The van der Waals surface area contributed by atoms with Crippen LogP contribution in [0.25, 0.3) is 10.9 Å². The molecule has 7 heteroatoms. The minimum Gasteiger partial charge on any atom is -0.283 e. The van der Waals surface area contributed by atoms with Gasteiger partial charge in [0.2, 0.25) is 0 Å². The summed E-state index contributed by atoms with van der Waals surface area (Å²) >= 11 is 1.21. The number of benzene rings is 3. The monoisotopic (exact) mass is 441 g/mol. The summed E-state index contributed by atoms with van der Waals surface area (Å²) in [7, 11) is 0. The molecule has 0 radical (unpaired) electrons. The molecule has 1 aliphatic rings. The van der Waals surface area contributed by atoms with Crippen molar-refractivity contribution in [1.29, 1.82) is 0 Å². The number of imide groups is 1. The number of hydrogen-bond donors (Lipinski definition) is 0. The fraction of sp³-hybridized carbons (Fsp3) is 0.120. The largest absolute Gasteiger partial charge is 0.283 e. The van der Waals surface area contributed by atoms with Crippen LogP contribution in [0.1, 0.15) is 31.8 Å². The van der Waals surface area contributed by atoms with Crippen LogP contribution >= 0.6 is 11.8 Å². The first-order valence-electron chi connectivity index (χ1n) is 10.2. The predicted molar refractivity (Wildman–Crippen MR) is 124 cm³/mol. The van der Waals surface area contributed by atoms with Crippen LogP contribution in [0.15, 0.2) is 82.7 Å². The van der Waals surface area contributed by atoms with Crippen molar-refractivity contribution in [3.8, 4) is 0 Å². The van der Waals surface area contributed by atoms with Gasteiger partial charge >= 0.3 is 0 Å². The van der Waals surface area contributed by atoms with E-state index in [1.54, 1.807) is 41.0 Å². The number of rotatable bonds is 5. The van der Waals surface area contributed by atoms with E-state index in [1.807, 2.05) is 43.3 Å². The Morgan fingerprint density at radius 3 is 2.12 bits per heavy atom. The first-order valence-corrected chi connectivity index (χ1v) is 11.1. The van der Waals surface area contributed by atoms with E-state index in [4.69, 9.17) is 0 Å². The number of aromatic nitrogens is 2. The summed E-state index contributed by atoms with van der Waals surface area (Å²) < 4.78 is 1.61. The molecule has 0 spiro atoms. The molecule has 158 valence electrons. The second-order valence-corrected chi connectivity index (χ2v) is 8.56. The number of carbonyl (C=O) groups excluding carboxylic acids is 2. The predicted octanol–water partition coefficient (Wildman–Crippen LogP) is 4.10. The van der Waals surface area contributed by atoms with E-state index >= 15 is 0 Å². The first kappa shape index (κ1) is 20.2. The van der Waals surface area contributed by atoms with Gasteiger partial charge in [0.05, 0.1) is 34.5 Å². The van der Waals surface area contributed by atoms with Crippen LogP contribution in [0.3, 0.4) is 0 Å². The van der Waals surface area contributed by atoms with E-state index in [-0.39, 0.29) is 23.3 Å². The Balaban J connectivity index is 1.50. The molecular weight excluding hydrogens is 422 g/mol. The summed E-state index contributed by atoms with van der Waals surface area (Å²) in [6.07, 6.45) is 0. The van der Waals surface area contributed by atoms with Crippen LogP contribution in [0, 0.1) is 6.92 Å². The Kier molecular flexibility index (Phi) is 5.11. The maximum absolute atomic E-state index is 13.3. The number of thioether (sulfide) groups is 1. The lowest BCUT2D eigenvalue weighted by Gasteiger charge is -2.16. The van der Waals surface area contributed by atoms with Crippen molar-refractivity contribution in [2.45, 2.75) is 18.6 Å². The maximum atomic E-state index is 13.3. The minimum absolute atomic E-state index is 0.0744. The number of fused-ring (bicyclic) bond motifs is 2. The van der Waals surface area contributed by atoms with Gasteiger partial charge in [-0.1, -0.05) is 65.9 Å². The topological polar surface area (TPSA) is 72.3 Å². The molecule has 0 N–H and O–H groups in total. The number of aryl methyl sites for hydroxylation is 1. The summed E-state index contributed by atoms with van der Waals surface area (Å²) in [6, 6.07) is 21.9. The lowest BCUT2D eigenvalue weighted by Crippen LogP contribution is -2.30. The summed E-state index contributed by atoms with van der Waals surface area (Å²) in [5.41, 5.74) is 3.35. The van der Waals surface area contributed by atoms with Crippen molar-refractivity contribution in [2.24, 2.45) is 0 Å². The van der Waals surface area contributed by atoms with Crippen molar-refractivity contribution in [1.82, 2.24) is 14.5 Å². The highest BCUT2D eigenvalue weighted by atomic mass is 32.2. The van der Waals surface area contributed by atoms with Gasteiger partial charge in [-0.05, 0) is 36.8 Å². The van der Waals surface area contributed by atoms with Crippen LogP contribution in [0.5, 0.6) is 0 Å². The molecule has 0 fully saturated rings. The van der Waals surface area contributed by atoms with Gasteiger partial charge < -0.3 is 0 Å². The van der Waals surface area contributed by atoms with Gasteiger partial charge in [0, 0.05) is 0 Å². The quantitative estimate of drug-likeness (QED) is 0.265. The maximum Gasteiger partial charge on any atom is 0.262 e. The number of para-hydroxylation sites is 1. The van der Waals surface area contributed by atoms with Crippen molar-refractivity contribution in [3.63, 3.8) is 0 Å². The Morgan fingerprint density at radius 1 is 0.812 bits per heavy atom. The van der Waals surface area contributed by atoms with Crippen LogP contribution < -0.4 is 5.56 Å². The molecule has 1 aliphatic heterocycles. The third-order valence-electron chi connectivity index (χ3n) is 5.49. The van der Waals surface area contributed by atoms with Gasteiger partial charge in [0.25, 0.3) is 17.4 Å². The number of amides is 2. The Morgan fingerprint density at radius 2 is 1.44 bits per heavy atom. The summed E-state index contributed by atoms with van der Waals surface area (Å²) in [4.78, 5) is 44.6. The third kappa shape index (κ3) is 3.50. The Labute approximate surface area is 188 Å². The smallest absolute Gasteiger partial charge is 0.262 e. The third-order valence-corrected chi connectivity index (χ3v) is 6.45. The number of nitrogens with zero attached hydrogens (tertiary/aromatic N) is 3. The molecule has 6 nitrogen and oxygen atoms in total. The minimum atomic E-state index is -0.327. The molecule has 0 bridgehead atoms. The molecule has 2 amide bonds. The van der Waals surface area contributed by atoms with Gasteiger partial charge in [0.1, 0.15) is 0 Å². The van der Waals surface area contributed by atoms with E-state index in [9.17, 15) is 14.4 Å². The molecule has 0 saturated carbocycles. The average Bonchev–Trinajstić information content (AvgIpc) is 3.06. The highest BCUT2D eigenvalue weighted by Gasteiger charge is 2.35. The molecular formula is C25H19N3O3S. The number of carbonyl (C=O) groups is 2. The van der Waals surface area contributed by atoms with Crippen LogP contribution in [0.2, 0.25) is 0 Å². The molecule has 32 heavy (non-hydrogen) atoms. The Hall–Kier alpha value is -3.71. The second kappa shape index (κ2) is 8.09. The van der Waals surface area contributed by atoms with E-state index in [0.717, 1.165) is 11.1 Å². The van der Waals surface area contributed by atoms with E-state index in [2.05, 4.69) is 4.98 Å². The van der Waals surface area contributed by atoms with E-state index in [0.29, 0.717) is 33.7 Å². The van der Waals surface area contributed by atoms with Crippen molar-refractivity contribution in [2.75, 3.05) is 5.88 Å². The van der Waals surface area contributed by atoms with E-state index < -0.39 is 0 Å². The fourth-order valence-corrected chi connectivity index (χ4v) is 4.70. The van der Waals surface area contributed by atoms with Crippen molar-refractivity contribution in [3.05, 3.63) is 105 Å². The molecule has 4 aromatic rings. The van der Waals surface area contributed by atoms with Gasteiger partial charge in [-0.2, -0.15) is 0 Å². The standard InChI is InChI=1S/C25H19N3O3S/c1-16-10-12-17(13-11-16)14-27-24(31)20-8-4-5-9-21(20)26-25(27)32-15-28-22(29)18-6-2-3-7-19(18)23(28)30/h2-13H,14-15H2,1H3. The molecule has 3 aromatic carbocycles. The molecule has 1 aromatic heterocycles. The molecule has 2 heterocycles. The summed E-state index contributed by atoms with van der Waals surface area (Å²) in [5, 5.41) is 0.996. The number of hydrogen-bond acceptors (Lipinski definition) is 5. The fourth-order valence-electron chi connectivity index (χ4n) is 3.75. The van der Waals surface area contributed by atoms with Crippen LogP contribution in [-0.2, 0) is 6.54 Å². The Bertz CT molecular complexity index is 1390. The molecule has 0 unspecified atom stereocenters. The van der Waals surface area contributed by atoms with Gasteiger partial charge in [-0.3, -0.25) is 23.9 Å². The first-order chi connectivity index (χ1) is 15.5. The van der Waals surface area contributed by atoms with Crippen LogP contribution in [-0.4, -0.2) is 32.1 Å². The highest BCUT2D eigenvalue weighted by Crippen LogP contribution is 2.27. The normalized spacial score (nSPS) is 13.1. The summed E-state index contributed by atoms with van der Waals surface area (Å²) in [6.45, 7) is 2.36. The molecule has 0 saturated heterocycles. The summed E-state index contributed by atoms with van der Waals surface area (Å²) in [5.74, 6) is -0.581. The second-order valence-electron chi connectivity index (χ2n) is 7.65. The lowest BCUT2D eigenvalue weighted by atomic mass is 10.1.